The predicted octanol–water partition coefficient (Wildman–Crippen LogP) is 5.34. The number of nitrogens with zero attached hydrogens (tertiary/aromatic N) is 1. The molecule has 2 atom stereocenters. The highest BCUT2D eigenvalue weighted by atomic mass is 15.2. The second kappa shape index (κ2) is 10.7. The van der Waals surface area contributed by atoms with E-state index in [1.807, 2.05) is 13.0 Å². The number of rotatable bonds is 10. The maximum absolute atomic E-state index is 4.17. The van der Waals surface area contributed by atoms with Crippen LogP contribution in [-0.4, -0.2) is 23.5 Å². The molecule has 118 valence electrons. The van der Waals surface area contributed by atoms with Crippen molar-refractivity contribution >= 4 is 0 Å². The number of hydrogen-bond acceptors (Lipinski definition) is 1. The lowest BCUT2D eigenvalue weighted by Gasteiger charge is -2.30. The Balaban J connectivity index is 2.34. The molecule has 0 spiro atoms. The molecule has 0 radical (unpaired) electrons. The van der Waals surface area contributed by atoms with Gasteiger partial charge in [0, 0.05) is 12.6 Å². The van der Waals surface area contributed by atoms with Crippen molar-refractivity contribution in [3.63, 3.8) is 0 Å². The van der Waals surface area contributed by atoms with Gasteiger partial charge < -0.3 is 0 Å². The minimum Gasteiger partial charge on any atom is -0.283 e. The second-order valence-electron chi connectivity index (χ2n) is 6.29. The van der Waals surface area contributed by atoms with Crippen molar-refractivity contribution in [2.75, 3.05) is 6.54 Å². The van der Waals surface area contributed by atoms with Crippen LogP contribution in [0, 0.1) is 11.8 Å². The fraction of sp³-hybridized carbons (Fsp3) is 0.700. The largest absolute Gasteiger partial charge is 0.283 e. The molecule has 1 nitrogen and oxygen atoms in total. The van der Waals surface area contributed by atoms with E-state index in [1.54, 1.807) is 0 Å². The highest BCUT2D eigenvalue weighted by molar-refractivity contribution is 5.13. The van der Waals surface area contributed by atoms with Crippen LogP contribution in [-0.2, 0) is 0 Å². The molecule has 1 heterocycles. The Hall–Kier alpha value is -1.00. The summed E-state index contributed by atoms with van der Waals surface area (Å²) in [4.78, 5) is 2.59. The van der Waals surface area contributed by atoms with Gasteiger partial charge in [-0.1, -0.05) is 49.8 Å². The van der Waals surface area contributed by atoms with Gasteiger partial charge in [0.05, 0.1) is 6.04 Å². The smallest absolute Gasteiger partial charge is 0.0719 e. The summed E-state index contributed by atoms with van der Waals surface area (Å²) in [6.07, 6.45) is 13.6. The fourth-order valence-corrected chi connectivity index (χ4v) is 3.34. The molecular formula is C20H33N. The third-order valence-corrected chi connectivity index (χ3v) is 4.46. The van der Waals surface area contributed by atoms with E-state index in [1.165, 1.54) is 63.5 Å². The molecule has 1 rings (SSSR count). The van der Waals surface area contributed by atoms with Gasteiger partial charge in [0.2, 0.25) is 0 Å². The van der Waals surface area contributed by atoms with E-state index in [-0.39, 0.29) is 0 Å². The monoisotopic (exact) mass is 287 g/mol. The molecule has 1 fully saturated rings. The first-order valence-corrected chi connectivity index (χ1v) is 8.65. The number of allylic oxidation sites excluding steroid dienone is 1. The maximum Gasteiger partial charge on any atom is 0.0719 e. The molecule has 21 heavy (non-hydrogen) atoms. The summed E-state index contributed by atoms with van der Waals surface area (Å²) >= 11 is 0. The standard InChI is InChI=1S/C20H33N/c1-5-7-8-9-10-11-12-15-19(14-6-2)21-17-13-16-20(21)18(3)4/h5,19-20H,1,3,7-13,15-17H2,2,4H3. The summed E-state index contributed by atoms with van der Waals surface area (Å²) in [6, 6.07) is 0.996. The average molecular weight is 287 g/mol. The molecule has 0 bridgehead atoms. The van der Waals surface area contributed by atoms with Crippen LogP contribution < -0.4 is 0 Å². The Labute approximate surface area is 132 Å². The lowest BCUT2D eigenvalue weighted by atomic mass is 10.0. The molecule has 0 aromatic rings. The van der Waals surface area contributed by atoms with E-state index in [0.717, 1.165) is 6.42 Å². The molecule has 0 saturated carbocycles. The van der Waals surface area contributed by atoms with E-state index < -0.39 is 0 Å². The summed E-state index contributed by atoms with van der Waals surface area (Å²) < 4.78 is 0. The zero-order valence-corrected chi connectivity index (χ0v) is 14.2. The van der Waals surface area contributed by atoms with Gasteiger partial charge in [0.15, 0.2) is 0 Å². The van der Waals surface area contributed by atoms with E-state index in [2.05, 4.69) is 36.8 Å². The zero-order valence-electron chi connectivity index (χ0n) is 14.2. The molecule has 1 saturated heterocycles. The maximum atomic E-state index is 4.17. The van der Waals surface area contributed by atoms with Gasteiger partial charge in [0.25, 0.3) is 0 Å². The Morgan fingerprint density at radius 3 is 2.67 bits per heavy atom. The summed E-state index contributed by atoms with van der Waals surface area (Å²) in [7, 11) is 0. The van der Waals surface area contributed by atoms with E-state index in [0.29, 0.717) is 12.1 Å². The zero-order chi connectivity index (χ0) is 15.5. The van der Waals surface area contributed by atoms with Gasteiger partial charge >= 0.3 is 0 Å². The number of unbranched alkanes of at least 4 members (excludes halogenated alkanes) is 5. The highest BCUT2D eigenvalue weighted by Gasteiger charge is 2.29. The molecule has 1 heteroatoms. The van der Waals surface area contributed by atoms with Crippen molar-refractivity contribution < 1.29 is 0 Å². The van der Waals surface area contributed by atoms with Crippen molar-refractivity contribution in [1.29, 1.82) is 0 Å². The SMILES string of the molecule is C=CCCCCCCCC(C#CC)N1CCCC1C(=C)C. The fourth-order valence-electron chi connectivity index (χ4n) is 3.34. The topological polar surface area (TPSA) is 3.24 Å². The third kappa shape index (κ3) is 6.53. The van der Waals surface area contributed by atoms with Crippen molar-refractivity contribution in [2.45, 2.75) is 83.7 Å². The van der Waals surface area contributed by atoms with Crippen LogP contribution in [0.1, 0.15) is 71.6 Å². The minimum absolute atomic E-state index is 0.437. The first kappa shape index (κ1) is 18.1. The van der Waals surface area contributed by atoms with Gasteiger partial charge in [-0.15, -0.1) is 12.5 Å². The van der Waals surface area contributed by atoms with Crippen LogP contribution in [0.4, 0.5) is 0 Å². The van der Waals surface area contributed by atoms with Gasteiger partial charge in [-0.3, -0.25) is 4.90 Å². The number of likely N-dealkylation sites (tertiary alicyclic amines) is 1. The van der Waals surface area contributed by atoms with Crippen LogP contribution in [0.3, 0.4) is 0 Å². The highest BCUT2D eigenvalue weighted by Crippen LogP contribution is 2.26. The molecule has 1 aliphatic rings. The summed E-state index contributed by atoms with van der Waals surface area (Å²) in [5.74, 6) is 6.58. The Morgan fingerprint density at radius 1 is 1.29 bits per heavy atom. The molecule has 0 aromatic heterocycles. The third-order valence-electron chi connectivity index (χ3n) is 4.46. The Bertz CT molecular complexity index is 371. The summed E-state index contributed by atoms with van der Waals surface area (Å²) in [5, 5.41) is 0. The van der Waals surface area contributed by atoms with Gasteiger partial charge in [-0.05, 0) is 46.0 Å². The van der Waals surface area contributed by atoms with Crippen molar-refractivity contribution in [3.8, 4) is 11.8 Å². The normalized spacial score (nSPS) is 19.8. The molecule has 0 aliphatic carbocycles. The predicted molar refractivity (Wildman–Crippen MR) is 94.3 cm³/mol. The van der Waals surface area contributed by atoms with Gasteiger partial charge in [-0.25, -0.2) is 0 Å². The average Bonchev–Trinajstić information content (AvgIpc) is 2.94. The molecule has 0 aromatic carbocycles. The van der Waals surface area contributed by atoms with E-state index >= 15 is 0 Å². The van der Waals surface area contributed by atoms with Crippen molar-refractivity contribution in [3.05, 3.63) is 24.8 Å². The molecule has 2 unspecified atom stereocenters. The first-order valence-electron chi connectivity index (χ1n) is 8.65. The molecule has 0 amide bonds. The lowest BCUT2D eigenvalue weighted by Crippen LogP contribution is -2.38. The van der Waals surface area contributed by atoms with Crippen molar-refractivity contribution in [1.82, 2.24) is 4.90 Å². The number of hydrogen-bond donors (Lipinski definition) is 0. The van der Waals surface area contributed by atoms with Crippen molar-refractivity contribution in [2.24, 2.45) is 0 Å². The molecular weight excluding hydrogens is 254 g/mol. The first-order chi connectivity index (χ1) is 10.2. The van der Waals surface area contributed by atoms with Crippen LogP contribution in [0.25, 0.3) is 0 Å². The Morgan fingerprint density at radius 2 is 2.00 bits per heavy atom. The van der Waals surface area contributed by atoms with Crippen LogP contribution in [0.15, 0.2) is 24.8 Å². The van der Waals surface area contributed by atoms with Crippen LogP contribution in [0.5, 0.6) is 0 Å². The van der Waals surface area contributed by atoms with Gasteiger partial charge in [-0.2, -0.15) is 0 Å². The summed E-state index contributed by atoms with van der Waals surface area (Å²) in [5.41, 5.74) is 1.31. The Kier molecular flexibility index (Phi) is 9.19. The molecule has 1 aliphatic heterocycles. The quantitative estimate of drug-likeness (QED) is 0.298. The minimum atomic E-state index is 0.437. The second-order valence-corrected chi connectivity index (χ2v) is 6.29. The molecule has 0 N–H and O–H groups in total. The van der Waals surface area contributed by atoms with E-state index in [9.17, 15) is 0 Å². The lowest BCUT2D eigenvalue weighted by molar-refractivity contribution is 0.227. The van der Waals surface area contributed by atoms with Crippen LogP contribution >= 0.6 is 0 Å². The summed E-state index contributed by atoms with van der Waals surface area (Å²) in [6.45, 7) is 13.3. The van der Waals surface area contributed by atoms with Gasteiger partial charge in [0.1, 0.15) is 0 Å². The van der Waals surface area contributed by atoms with Crippen LogP contribution in [0.2, 0.25) is 0 Å². The van der Waals surface area contributed by atoms with E-state index in [4.69, 9.17) is 0 Å².